The average Bonchev–Trinajstić information content (AvgIpc) is 3.30. The number of esters is 3. The second-order valence-corrected chi connectivity index (χ2v) is 16.0. The highest BCUT2D eigenvalue weighted by Gasteiger charge is 2.19. The Morgan fingerprint density at radius 1 is 0.323 bits per heavy atom. The third-order valence-corrected chi connectivity index (χ3v) is 9.84. The van der Waals surface area contributed by atoms with Crippen LogP contribution in [0.3, 0.4) is 0 Å². The number of allylic oxidation sites excluding steroid dienone is 24. The van der Waals surface area contributed by atoms with E-state index in [9.17, 15) is 14.4 Å². The van der Waals surface area contributed by atoms with Crippen LogP contribution in [-0.2, 0) is 28.6 Å². The van der Waals surface area contributed by atoms with Crippen LogP contribution >= 0.6 is 0 Å². The van der Waals surface area contributed by atoms with Gasteiger partial charge in [0.05, 0.1) is 0 Å². The van der Waals surface area contributed by atoms with Gasteiger partial charge in [-0.3, -0.25) is 14.4 Å². The summed E-state index contributed by atoms with van der Waals surface area (Å²) in [6.07, 6.45) is 74.3. The molecule has 0 rings (SSSR count). The first kappa shape index (κ1) is 60.3. The lowest BCUT2D eigenvalue weighted by molar-refractivity contribution is -0.167. The molecule has 0 amide bonds. The molecule has 0 radical (unpaired) electrons. The normalized spacial score (nSPS) is 13.3. The van der Waals surface area contributed by atoms with Crippen LogP contribution in [0.4, 0.5) is 0 Å². The van der Waals surface area contributed by atoms with Crippen molar-refractivity contribution >= 4 is 17.9 Å². The molecule has 0 heterocycles. The first-order valence-electron chi connectivity index (χ1n) is 25.3. The van der Waals surface area contributed by atoms with Crippen molar-refractivity contribution < 1.29 is 28.6 Å². The van der Waals surface area contributed by atoms with Crippen molar-refractivity contribution in [3.63, 3.8) is 0 Å². The molecule has 0 aliphatic carbocycles. The second-order valence-electron chi connectivity index (χ2n) is 16.0. The molecule has 0 N–H and O–H groups in total. The van der Waals surface area contributed by atoms with Gasteiger partial charge in [-0.15, -0.1) is 0 Å². The molecule has 65 heavy (non-hydrogen) atoms. The molecule has 0 aromatic heterocycles. The minimum atomic E-state index is -0.834. The maximum Gasteiger partial charge on any atom is 0.306 e. The fourth-order valence-electron chi connectivity index (χ4n) is 6.11. The molecule has 0 spiro atoms. The van der Waals surface area contributed by atoms with Gasteiger partial charge in [-0.25, -0.2) is 0 Å². The van der Waals surface area contributed by atoms with Gasteiger partial charge in [0.25, 0.3) is 0 Å². The Balaban J connectivity index is 4.48. The van der Waals surface area contributed by atoms with Gasteiger partial charge in [-0.2, -0.15) is 0 Å². The number of unbranched alkanes of at least 4 members (excludes halogenated alkanes) is 8. The highest BCUT2D eigenvalue weighted by Crippen LogP contribution is 2.11. The number of rotatable bonds is 43. The maximum atomic E-state index is 12.7. The molecule has 362 valence electrons. The Bertz CT molecular complexity index is 1490. The summed E-state index contributed by atoms with van der Waals surface area (Å²) in [6.45, 7) is 6.23. The lowest BCUT2D eigenvalue weighted by Gasteiger charge is -2.18. The van der Waals surface area contributed by atoms with Crippen LogP contribution in [0.2, 0.25) is 0 Å². The summed E-state index contributed by atoms with van der Waals surface area (Å²) in [5.74, 6) is -1.07. The molecule has 0 aliphatic rings. The van der Waals surface area contributed by atoms with Gasteiger partial charge in [-0.05, 0) is 109 Å². The molecular weight excluding hydrogens is 805 g/mol. The topological polar surface area (TPSA) is 78.9 Å². The minimum Gasteiger partial charge on any atom is -0.462 e. The standard InChI is InChI=1S/C59H90O6/c1-4-7-10-13-16-18-20-22-24-26-27-28-29-30-31-33-34-36-38-40-43-46-49-52-58(61)64-55-56(54-63-57(60)51-48-45-42-15-12-9-6-3)65-59(62)53-50-47-44-41-39-37-35-32-25-23-21-19-17-14-11-8-5-2/h7-8,10-11,16-19,22-25,27-28,30-31,34-37,40-41,43-44,56H,4-6,9,12-15,20-21,26,29,32-33,38-39,42,45-55H2,1-3H3/b10-7-,11-8-,18-16-,19-17-,24-22-,25-23-,28-27-,31-30-,36-34-,37-35-,43-40-,44-41-. The number of ether oxygens (including phenoxy) is 3. The molecule has 0 aromatic rings. The monoisotopic (exact) mass is 895 g/mol. The predicted molar refractivity (Wildman–Crippen MR) is 279 cm³/mol. The van der Waals surface area contributed by atoms with Crippen LogP contribution < -0.4 is 0 Å². The van der Waals surface area contributed by atoms with Crippen molar-refractivity contribution in [2.45, 2.75) is 194 Å². The molecule has 0 saturated heterocycles. The Morgan fingerprint density at radius 2 is 0.600 bits per heavy atom. The molecular formula is C59H90O6. The fraction of sp³-hybridized carbons (Fsp3) is 0.542. The van der Waals surface area contributed by atoms with Crippen LogP contribution in [0.1, 0.15) is 188 Å². The van der Waals surface area contributed by atoms with E-state index < -0.39 is 12.1 Å². The van der Waals surface area contributed by atoms with E-state index in [1.54, 1.807) is 0 Å². The highest BCUT2D eigenvalue weighted by atomic mass is 16.6. The molecule has 6 heteroatoms. The van der Waals surface area contributed by atoms with Crippen LogP contribution in [0.5, 0.6) is 0 Å². The van der Waals surface area contributed by atoms with Crippen LogP contribution in [0.25, 0.3) is 0 Å². The number of hydrogen-bond acceptors (Lipinski definition) is 6. The maximum absolute atomic E-state index is 12.7. The molecule has 0 fully saturated rings. The number of carbonyl (C=O) groups is 3. The molecule has 1 unspecified atom stereocenters. The van der Waals surface area contributed by atoms with Gasteiger partial charge in [-0.1, -0.05) is 205 Å². The van der Waals surface area contributed by atoms with Crippen molar-refractivity contribution in [1.82, 2.24) is 0 Å². The highest BCUT2D eigenvalue weighted by molar-refractivity contribution is 5.71. The van der Waals surface area contributed by atoms with Crippen LogP contribution in [0.15, 0.2) is 146 Å². The van der Waals surface area contributed by atoms with Gasteiger partial charge in [0.1, 0.15) is 13.2 Å². The van der Waals surface area contributed by atoms with E-state index in [1.807, 2.05) is 0 Å². The summed E-state index contributed by atoms with van der Waals surface area (Å²) in [5.41, 5.74) is 0. The Morgan fingerprint density at radius 3 is 0.938 bits per heavy atom. The van der Waals surface area contributed by atoms with Crippen molar-refractivity contribution in [2.24, 2.45) is 0 Å². The lowest BCUT2D eigenvalue weighted by atomic mass is 10.1. The van der Waals surface area contributed by atoms with E-state index in [0.717, 1.165) is 109 Å². The summed E-state index contributed by atoms with van der Waals surface area (Å²) in [7, 11) is 0. The van der Waals surface area contributed by atoms with E-state index in [4.69, 9.17) is 14.2 Å². The third kappa shape index (κ3) is 50.2. The summed E-state index contributed by atoms with van der Waals surface area (Å²) < 4.78 is 16.6. The first-order valence-corrected chi connectivity index (χ1v) is 25.3. The molecule has 0 saturated carbocycles. The molecule has 0 aliphatic heterocycles. The van der Waals surface area contributed by atoms with Crippen molar-refractivity contribution in [2.75, 3.05) is 13.2 Å². The number of hydrogen-bond donors (Lipinski definition) is 0. The Hall–Kier alpha value is -4.71. The second kappa shape index (κ2) is 51.9. The van der Waals surface area contributed by atoms with Gasteiger partial charge in [0.2, 0.25) is 0 Å². The van der Waals surface area contributed by atoms with Crippen molar-refractivity contribution in [3.8, 4) is 0 Å². The Labute approximate surface area is 397 Å². The van der Waals surface area contributed by atoms with E-state index in [-0.39, 0.29) is 38.0 Å². The smallest absolute Gasteiger partial charge is 0.306 e. The van der Waals surface area contributed by atoms with Gasteiger partial charge < -0.3 is 14.2 Å². The van der Waals surface area contributed by atoms with Gasteiger partial charge in [0, 0.05) is 19.3 Å². The fourth-order valence-corrected chi connectivity index (χ4v) is 6.11. The summed E-state index contributed by atoms with van der Waals surface area (Å²) in [6, 6.07) is 0. The largest absolute Gasteiger partial charge is 0.462 e. The van der Waals surface area contributed by atoms with E-state index in [1.165, 1.54) is 25.7 Å². The minimum absolute atomic E-state index is 0.125. The SMILES string of the molecule is CC/C=C\C/C=C\C/C=C\C/C=C\C/C=C\C/C=C\C/C=C\CCCC(=O)OCC(COC(=O)CCCCCCCCC)OC(=O)CCC/C=C\C/C=C\C/C=C\C/C=C\C/C=C\CC. The van der Waals surface area contributed by atoms with Crippen LogP contribution in [0, 0.1) is 0 Å². The summed E-state index contributed by atoms with van der Waals surface area (Å²) >= 11 is 0. The van der Waals surface area contributed by atoms with Gasteiger partial charge in [0.15, 0.2) is 6.10 Å². The predicted octanol–water partition coefficient (Wildman–Crippen LogP) is 16.9. The van der Waals surface area contributed by atoms with Crippen molar-refractivity contribution in [1.29, 1.82) is 0 Å². The third-order valence-electron chi connectivity index (χ3n) is 9.84. The van der Waals surface area contributed by atoms with E-state index >= 15 is 0 Å². The zero-order chi connectivity index (χ0) is 47.2. The lowest BCUT2D eigenvalue weighted by Crippen LogP contribution is -2.30. The summed E-state index contributed by atoms with van der Waals surface area (Å²) in [5, 5.41) is 0. The van der Waals surface area contributed by atoms with E-state index in [0.29, 0.717) is 19.3 Å². The quantitative estimate of drug-likeness (QED) is 0.0263. The average molecular weight is 895 g/mol. The first-order chi connectivity index (χ1) is 32.0. The van der Waals surface area contributed by atoms with E-state index in [2.05, 4.69) is 167 Å². The molecule has 0 aromatic carbocycles. The van der Waals surface area contributed by atoms with Gasteiger partial charge >= 0.3 is 17.9 Å². The zero-order valence-electron chi connectivity index (χ0n) is 41.2. The molecule has 6 nitrogen and oxygen atoms in total. The Kier molecular flexibility index (Phi) is 48.2. The zero-order valence-corrected chi connectivity index (χ0v) is 41.2. The van der Waals surface area contributed by atoms with Crippen molar-refractivity contribution in [3.05, 3.63) is 146 Å². The number of carbonyl (C=O) groups excluding carboxylic acids is 3. The van der Waals surface area contributed by atoms with Crippen LogP contribution in [-0.4, -0.2) is 37.2 Å². The molecule has 1 atom stereocenters. The molecule has 0 bridgehead atoms. The summed E-state index contributed by atoms with van der Waals surface area (Å²) in [4.78, 5) is 37.8.